The molecule has 0 aliphatic heterocycles. The third-order valence-electron chi connectivity index (χ3n) is 2.48. The predicted octanol–water partition coefficient (Wildman–Crippen LogP) is 1.93. The van der Waals surface area contributed by atoms with Gasteiger partial charge in [-0.05, 0) is 30.9 Å². The molecule has 1 aliphatic carbocycles. The topological polar surface area (TPSA) is 63.4 Å². The van der Waals surface area contributed by atoms with Crippen LogP contribution in [0.2, 0.25) is 0 Å². The molecule has 2 rings (SSSR count). The van der Waals surface area contributed by atoms with Crippen molar-refractivity contribution < 1.29 is 14.4 Å². The Bertz CT molecular complexity index is 417. The number of phenols is 1. The van der Waals surface area contributed by atoms with E-state index in [1.165, 1.54) is 6.07 Å². The van der Waals surface area contributed by atoms with Crippen molar-refractivity contribution in [2.75, 3.05) is 0 Å². The fraction of sp³-hybridized carbons (Fsp3) is 0.333. The normalized spacial score (nSPS) is 14.1. The molecule has 0 unspecified atom stereocenters. The zero-order valence-electron chi connectivity index (χ0n) is 7.29. The highest BCUT2D eigenvalue weighted by atomic mass is 19.1. The van der Waals surface area contributed by atoms with Gasteiger partial charge in [-0.2, -0.15) is 0 Å². The van der Waals surface area contributed by atoms with Crippen LogP contribution in [0.5, 0.6) is 5.75 Å². The summed E-state index contributed by atoms with van der Waals surface area (Å²) < 4.78 is 13.0. The highest BCUT2D eigenvalue weighted by Gasteiger charge is 2.28. The summed E-state index contributed by atoms with van der Waals surface area (Å²) in [7, 11) is 0. The Labute approximate surface area is 79.1 Å². The molecule has 1 N–H and O–H groups in total. The first kappa shape index (κ1) is 8.93. The molecule has 0 atom stereocenters. The number of fused-ring (bicyclic) bond motifs is 1. The monoisotopic (exact) mass is 197 g/mol. The summed E-state index contributed by atoms with van der Waals surface area (Å²) in [5.74, 6) is -1.74. The van der Waals surface area contributed by atoms with Crippen molar-refractivity contribution in [1.82, 2.24) is 0 Å². The van der Waals surface area contributed by atoms with Gasteiger partial charge >= 0.3 is 5.69 Å². The second kappa shape index (κ2) is 2.94. The van der Waals surface area contributed by atoms with Gasteiger partial charge in [-0.25, -0.2) is 4.39 Å². The first-order valence-electron chi connectivity index (χ1n) is 4.29. The van der Waals surface area contributed by atoms with Crippen LogP contribution < -0.4 is 0 Å². The van der Waals surface area contributed by atoms with E-state index in [4.69, 9.17) is 0 Å². The summed E-state index contributed by atoms with van der Waals surface area (Å²) >= 11 is 0. The minimum atomic E-state index is -0.905. The van der Waals surface area contributed by atoms with Gasteiger partial charge in [-0.15, -0.1) is 0 Å². The number of halogens is 1. The molecule has 0 saturated carbocycles. The fourth-order valence-electron chi connectivity index (χ4n) is 1.87. The van der Waals surface area contributed by atoms with Crippen molar-refractivity contribution in [3.05, 3.63) is 33.1 Å². The van der Waals surface area contributed by atoms with E-state index >= 15 is 0 Å². The van der Waals surface area contributed by atoms with Gasteiger partial charge in [0.1, 0.15) is 0 Å². The summed E-state index contributed by atoms with van der Waals surface area (Å²) in [4.78, 5) is 9.89. The number of nitro benzene ring substituents is 1. The molecule has 0 bridgehead atoms. The molecule has 1 aromatic rings. The second-order valence-electron chi connectivity index (χ2n) is 3.30. The first-order valence-corrected chi connectivity index (χ1v) is 4.29. The maximum atomic E-state index is 13.0. The Morgan fingerprint density at radius 1 is 1.50 bits per heavy atom. The summed E-state index contributed by atoms with van der Waals surface area (Å²) in [6.45, 7) is 0. The van der Waals surface area contributed by atoms with Crippen LogP contribution in [-0.2, 0) is 12.8 Å². The summed E-state index contributed by atoms with van der Waals surface area (Å²) in [5.41, 5.74) is 0.665. The highest BCUT2D eigenvalue weighted by molar-refractivity contribution is 5.57. The second-order valence-corrected chi connectivity index (χ2v) is 3.30. The van der Waals surface area contributed by atoms with Gasteiger partial charge in [-0.1, -0.05) is 0 Å². The van der Waals surface area contributed by atoms with Crippen LogP contribution in [0.15, 0.2) is 6.07 Å². The molecule has 0 heterocycles. The Morgan fingerprint density at radius 3 is 2.86 bits per heavy atom. The van der Waals surface area contributed by atoms with Crippen molar-refractivity contribution >= 4 is 5.69 Å². The predicted molar refractivity (Wildman–Crippen MR) is 46.7 cm³/mol. The zero-order valence-corrected chi connectivity index (χ0v) is 7.29. The number of nitrogens with zero attached hydrogens (tertiary/aromatic N) is 1. The van der Waals surface area contributed by atoms with Crippen molar-refractivity contribution in [3.8, 4) is 5.75 Å². The fourth-order valence-corrected chi connectivity index (χ4v) is 1.87. The molecule has 1 aliphatic rings. The van der Waals surface area contributed by atoms with Crippen LogP contribution in [0, 0.1) is 15.9 Å². The molecule has 0 radical (unpaired) electrons. The van der Waals surface area contributed by atoms with Crippen LogP contribution >= 0.6 is 0 Å². The van der Waals surface area contributed by atoms with E-state index in [1.807, 2.05) is 0 Å². The Hall–Kier alpha value is -1.65. The Balaban J connectivity index is 2.72. The lowest BCUT2D eigenvalue weighted by atomic mass is 10.1. The van der Waals surface area contributed by atoms with Crippen molar-refractivity contribution in [1.29, 1.82) is 0 Å². The van der Waals surface area contributed by atoms with E-state index in [0.29, 0.717) is 24.0 Å². The van der Waals surface area contributed by atoms with Crippen molar-refractivity contribution in [3.63, 3.8) is 0 Å². The third kappa shape index (κ3) is 1.13. The number of aryl methyl sites for hydroxylation is 1. The number of phenolic OH excluding ortho intramolecular Hbond substituents is 1. The molecule has 0 fully saturated rings. The first-order chi connectivity index (χ1) is 6.61. The maximum absolute atomic E-state index is 13.0. The minimum absolute atomic E-state index is 0.461. The maximum Gasteiger partial charge on any atom is 0.317 e. The molecule has 0 aromatic heterocycles. The number of aromatic hydroxyl groups is 1. The van der Waals surface area contributed by atoms with Crippen LogP contribution in [0.4, 0.5) is 10.1 Å². The van der Waals surface area contributed by atoms with Gasteiger partial charge in [0.05, 0.1) is 4.92 Å². The molecule has 4 nitrogen and oxygen atoms in total. The summed E-state index contributed by atoms with van der Waals surface area (Å²) in [6, 6.07) is 1.19. The van der Waals surface area contributed by atoms with Gasteiger partial charge in [0.2, 0.25) is 5.75 Å². The van der Waals surface area contributed by atoms with Crippen LogP contribution in [-0.4, -0.2) is 10.0 Å². The largest absolute Gasteiger partial charge is 0.500 e. The van der Waals surface area contributed by atoms with E-state index in [1.54, 1.807) is 0 Å². The van der Waals surface area contributed by atoms with Gasteiger partial charge in [0.25, 0.3) is 0 Å². The SMILES string of the molecule is O=[N+]([O-])c1c(O)c(F)cc2c1CCC2. The standard InChI is InChI=1S/C9H8FNO3/c10-7-4-5-2-1-3-6(5)8(9(7)12)11(13)14/h4,12H,1-3H2. The molecule has 1 aromatic carbocycles. The summed E-state index contributed by atoms with van der Waals surface area (Å²) in [6.07, 6.45) is 1.96. The molecule has 74 valence electrons. The minimum Gasteiger partial charge on any atom is -0.500 e. The number of hydrogen-bond donors (Lipinski definition) is 1. The van der Waals surface area contributed by atoms with Crippen molar-refractivity contribution in [2.24, 2.45) is 0 Å². The molecular weight excluding hydrogens is 189 g/mol. The lowest BCUT2D eigenvalue weighted by Gasteiger charge is -2.03. The Kier molecular flexibility index (Phi) is 1.87. The molecule has 5 heteroatoms. The van der Waals surface area contributed by atoms with Gasteiger partial charge in [0.15, 0.2) is 5.82 Å². The third-order valence-corrected chi connectivity index (χ3v) is 2.48. The summed E-state index contributed by atoms with van der Waals surface area (Å²) in [5, 5.41) is 19.8. The van der Waals surface area contributed by atoms with Gasteiger partial charge in [-0.3, -0.25) is 10.1 Å². The van der Waals surface area contributed by atoms with Crippen LogP contribution in [0.25, 0.3) is 0 Å². The number of nitro groups is 1. The van der Waals surface area contributed by atoms with E-state index in [-0.39, 0.29) is 0 Å². The number of rotatable bonds is 1. The smallest absolute Gasteiger partial charge is 0.317 e. The number of benzene rings is 1. The van der Waals surface area contributed by atoms with E-state index in [9.17, 15) is 19.6 Å². The molecular formula is C9H8FNO3. The molecule has 0 spiro atoms. The molecule has 0 amide bonds. The molecule has 14 heavy (non-hydrogen) atoms. The Morgan fingerprint density at radius 2 is 2.21 bits per heavy atom. The highest BCUT2D eigenvalue weighted by Crippen LogP contribution is 2.39. The van der Waals surface area contributed by atoms with Crippen molar-refractivity contribution in [2.45, 2.75) is 19.3 Å². The number of hydrogen-bond acceptors (Lipinski definition) is 3. The van der Waals surface area contributed by atoms with E-state index < -0.39 is 22.2 Å². The van der Waals surface area contributed by atoms with E-state index in [2.05, 4.69) is 0 Å². The quantitative estimate of drug-likeness (QED) is 0.552. The molecule has 0 saturated heterocycles. The average molecular weight is 197 g/mol. The van der Waals surface area contributed by atoms with Gasteiger partial charge in [0, 0.05) is 5.56 Å². The zero-order chi connectivity index (χ0) is 10.3. The van der Waals surface area contributed by atoms with Crippen LogP contribution in [0.1, 0.15) is 17.5 Å². The lowest BCUT2D eigenvalue weighted by molar-refractivity contribution is -0.386. The van der Waals surface area contributed by atoms with E-state index in [0.717, 1.165) is 6.42 Å². The average Bonchev–Trinajstić information content (AvgIpc) is 2.52. The van der Waals surface area contributed by atoms with Crippen LogP contribution in [0.3, 0.4) is 0 Å². The van der Waals surface area contributed by atoms with Gasteiger partial charge < -0.3 is 5.11 Å². The lowest BCUT2D eigenvalue weighted by Crippen LogP contribution is -1.97.